The molecule has 0 aliphatic carbocycles. The smallest absolute Gasteiger partial charge is 0.274 e. The molecule has 90 valence electrons. The summed E-state index contributed by atoms with van der Waals surface area (Å²) in [7, 11) is 0. The lowest BCUT2D eigenvalue weighted by Crippen LogP contribution is -2.33. The summed E-state index contributed by atoms with van der Waals surface area (Å²) in [5.41, 5.74) is 0.142. The van der Waals surface area contributed by atoms with Crippen LogP contribution in [-0.4, -0.2) is 28.9 Å². The van der Waals surface area contributed by atoms with E-state index in [1.807, 2.05) is 6.92 Å². The molecular formula is C12H12Cl2N2O. The molecule has 0 aromatic carbocycles. The van der Waals surface area contributed by atoms with Crippen LogP contribution < -0.4 is 0 Å². The van der Waals surface area contributed by atoms with E-state index in [-0.39, 0.29) is 28.3 Å². The minimum atomic E-state index is -0.294. The Morgan fingerprint density at radius 3 is 2.82 bits per heavy atom. The second-order valence-corrected chi connectivity index (χ2v) is 4.19. The van der Waals surface area contributed by atoms with Gasteiger partial charge in [0.25, 0.3) is 5.91 Å². The largest absolute Gasteiger partial charge is 0.326 e. The summed E-state index contributed by atoms with van der Waals surface area (Å²) in [5.74, 6) is 2.14. The number of carbonyl (C=O) groups excluding carboxylic acids is 1. The third-order valence-electron chi connectivity index (χ3n) is 2.08. The van der Waals surface area contributed by atoms with Crippen LogP contribution in [0.4, 0.5) is 0 Å². The van der Waals surface area contributed by atoms with Crippen LogP contribution in [0.3, 0.4) is 0 Å². The zero-order valence-electron chi connectivity index (χ0n) is 9.41. The molecule has 5 heteroatoms. The van der Waals surface area contributed by atoms with Gasteiger partial charge in [-0.2, -0.15) is 0 Å². The molecule has 17 heavy (non-hydrogen) atoms. The van der Waals surface area contributed by atoms with Crippen LogP contribution in [0.1, 0.15) is 23.8 Å². The predicted octanol–water partition coefficient (Wildman–Crippen LogP) is 2.87. The van der Waals surface area contributed by atoms with Gasteiger partial charge in [-0.1, -0.05) is 36.0 Å². The van der Waals surface area contributed by atoms with Crippen LogP contribution in [-0.2, 0) is 0 Å². The van der Waals surface area contributed by atoms with E-state index in [0.29, 0.717) is 6.54 Å². The summed E-state index contributed by atoms with van der Waals surface area (Å²) in [6, 6.07) is 3.08. The van der Waals surface area contributed by atoms with Gasteiger partial charge in [0.2, 0.25) is 0 Å². The lowest BCUT2D eigenvalue weighted by molar-refractivity contribution is 0.0771. The number of rotatable bonds is 4. The first kappa shape index (κ1) is 13.8. The van der Waals surface area contributed by atoms with Crippen molar-refractivity contribution in [3.63, 3.8) is 0 Å². The predicted molar refractivity (Wildman–Crippen MR) is 69.3 cm³/mol. The molecule has 0 fully saturated rings. The van der Waals surface area contributed by atoms with Gasteiger partial charge in [-0.05, 0) is 18.6 Å². The number of halogens is 2. The van der Waals surface area contributed by atoms with E-state index in [1.54, 1.807) is 6.07 Å². The highest BCUT2D eigenvalue weighted by Crippen LogP contribution is 2.18. The topological polar surface area (TPSA) is 33.2 Å². The Kier molecular flexibility index (Phi) is 5.27. The van der Waals surface area contributed by atoms with Crippen molar-refractivity contribution >= 4 is 29.1 Å². The normalized spacial score (nSPS) is 9.76. The average molecular weight is 271 g/mol. The molecule has 0 saturated heterocycles. The van der Waals surface area contributed by atoms with E-state index in [4.69, 9.17) is 29.6 Å². The van der Waals surface area contributed by atoms with Crippen molar-refractivity contribution in [3.8, 4) is 12.3 Å². The second kappa shape index (κ2) is 6.48. The van der Waals surface area contributed by atoms with E-state index < -0.39 is 0 Å². The highest BCUT2D eigenvalue weighted by molar-refractivity contribution is 6.34. The van der Waals surface area contributed by atoms with E-state index in [9.17, 15) is 4.79 Å². The second-order valence-electron chi connectivity index (χ2n) is 3.40. The fourth-order valence-corrected chi connectivity index (χ4v) is 1.68. The molecule has 1 amide bonds. The highest BCUT2D eigenvalue weighted by atomic mass is 35.5. The maximum absolute atomic E-state index is 12.1. The van der Waals surface area contributed by atoms with Gasteiger partial charge in [0.05, 0.1) is 11.6 Å². The Labute approximate surface area is 111 Å². The van der Waals surface area contributed by atoms with Gasteiger partial charge in [-0.25, -0.2) is 4.98 Å². The Hall–Kier alpha value is -1.24. The molecule has 1 aromatic rings. The van der Waals surface area contributed by atoms with Gasteiger partial charge in [0, 0.05) is 6.54 Å². The van der Waals surface area contributed by atoms with Gasteiger partial charge in [0.1, 0.15) is 10.8 Å². The first-order chi connectivity index (χ1) is 8.10. The maximum Gasteiger partial charge on any atom is 0.274 e. The number of terminal acetylenes is 1. The van der Waals surface area contributed by atoms with Crippen LogP contribution >= 0.6 is 23.2 Å². The SMILES string of the molecule is C#CCN(CCC)C(=O)c1nc(Cl)ccc1Cl. The Morgan fingerprint density at radius 1 is 1.53 bits per heavy atom. The van der Waals surface area contributed by atoms with Crippen LogP contribution in [0, 0.1) is 12.3 Å². The van der Waals surface area contributed by atoms with Gasteiger partial charge in [0.15, 0.2) is 0 Å². The zero-order chi connectivity index (χ0) is 12.8. The van der Waals surface area contributed by atoms with Crippen molar-refractivity contribution in [1.82, 2.24) is 9.88 Å². The lowest BCUT2D eigenvalue weighted by Gasteiger charge is -2.19. The molecule has 0 N–H and O–H groups in total. The molecule has 0 bridgehead atoms. The summed E-state index contributed by atoms with van der Waals surface area (Å²) in [6.07, 6.45) is 6.03. The van der Waals surface area contributed by atoms with Crippen LogP contribution in [0.15, 0.2) is 12.1 Å². The summed E-state index contributed by atoms with van der Waals surface area (Å²) >= 11 is 11.7. The van der Waals surface area contributed by atoms with E-state index in [0.717, 1.165) is 6.42 Å². The van der Waals surface area contributed by atoms with E-state index >= 15 is 0 Å². The number of pyridine rings is 1. The summed E-state index contributed by atoms with van der Waals surface area (Å²) in [5, 5.41) is 0.507. The molecule has 3 nitrogen and oxygen atoms in total. The molecule has 0 spiro atoms. The fourth-order valence-electron chi connectivity index (χ4n) is 1.35. The maximum atomic E-state index is 12.1. The highest BCUT2D eigenvalue weighted by Gasteiger charge is 2.19. The molecule has 0 aliphatic heterocycles. The molecule has 0 aliphatic rings. The van der Waals surface area contributed by atoms with E-state index in [1.165, 1.54) is 11.0 Å². The Bertz CT molecular complexity index is 454. The number of carbonyl (C=O) groups is 1. The minimum absolute atomic E-state index is 0.142. The van der Waals surface area contributed by atoms with Crippen molar-refractivity contribution in [1.29, 1.82) is 0 Å². The molecule has 0 saturated carbocycles. The molecular weight excluding hydrogens is 259 g/mol. The average Bonchev–Trinajstić information content (AvgIpc) is 2.31. The van der Waals surface area contributed by atoms with Gasteiger partial charge in [-0.3, -0.25) is 4.79 Å². The molecule has 0 atom stereocenters. The van der Waals surface area contributed by atoms with Crippen molar-refractivity contribution in [2.45, 2.75) is 13.3 Å². The molecule has 1 aromatic heterocycles. The number of nitrogens with zero attached hydrogens (tertiary/aromatic N) is 2. The number of hydrogen-bond donors (Lipinski definition) is 0. The minimum Gasteiger partial charge on any atom is -0.326 e. The van der Waals surface area contributed by atoms with Crippen molar-refractivity contribution in [3.05, 3.63) is 28.0 Å². The third-order valence-corrected chi connectivity index (χ3v) is 2.59. The summed E-state index contributed by atoms with van der Waals surface area (Å²) in [4.78, 5) is 17.6. The monoisotopic (exact) mass is 270 g/mol. The van der Waals surface area contributed by atoms with Gasteiger partial charge >= 0.3 is 0 Å². The molecule has 1 rings (SSSR count). The molecule has 0 unspecified atom stereocenters. The number of hydrogen-bond acceptors (Lipinski definition) is 2. The van der Waals surface area contributed by atoms with E-state index in [2.05, 4.69) is 10.9 Å². The third kappa shape index (κ3) is 3.62. The number of amides is 1. The molecule has 0 radical (unpaired) electrons. The standard InChI is InChI=1S/C12H12Cl2N2O/c1-3-7-16(8-4-2)12(17)11-9(13)5-6-10(14)15-11/h1,5-6H,4,7-8H2,2H3. The van der Waals surface area contributed by atoms with Crippen LogP contribution in [0.5, 0.6) is 0 Å². The lowest BCUT2D eigenvalue weighted by atomic mass is 10.3. The van der Waals surface area contributed by atoms with Crippen LogP contribution in [0.25, 0.3) is 0 Å². The first-order valence-corrected chi connectivity index (χ1v) is 5.90. The van der Waals surface area contributed by atoms with Crippen LogP contribution in [0.2, 0.25) is 10.2 Å². The van der Waals surface area contributed by atoms with Crippen molar-refractivity contribution in [2.75, 3.05) is 13.1 Å². The summed E-state index contributed by atoms with van der Waals surface area (Å²) < 4.78 is 0. The molecule has 1 heterocycles. The van der Waals surface area contributed by atoms with Gasteiger partial charge in [-0.15, -0.1) is 6.42 Å². The fraction of sp³-hybridized carbons (Fsp3) is 0.333. The van der Waals surface area contributed by atoms with Crippen molar-refractivity contribution in [2.24, 2.45) is 0 Å². The quantitative estimate of drug-likeness (QED) is 0.623. The summed E-state index contributed by atoms with van der Waals surface area (Å²) in [6.45, 7) is 2.76. The Balaban J connectivity index is 3.00. The zero-order valence-corrected chi connectivity index (χ0v) is 10.9. The van der Waals surface area contributed by atoms with Gasteiger partial charge < -0.3 is 4.90 Å². The van der Waals surface area contributed by atoms with Crippen molar-refractivity contribution < 1.29 is 4.79 Å². The Morgan fingerprint density at radius 2 is 2.24 bits per heavy atom. The number of aromatic nitrogens is 1. The first-order valence-electron chi connectivity index (χ1n) is 5.15.